The highest BCUT2D eigenvalue weighted by atomic mass is 16.6. The molecule has 0 aromatic heterocycles. The second-order valence-corrected chi connectivity index (χ2v) is 4.67. The zero-order valence-electron chi connectivity index (χ0n) is 11.6. The Morgan fingerprint density at radius 1 is 1.62 bits per heavy atom. The van der Waals surface area contributed by atoms with Crippen LogP contribution in [0.4, 0.5) is 11.4 Å². The zero-order chi connectivity index (χ0) is 15.4. The first-order valence-corrected chi connectivity index (χ1v) is 6.54. The molecule has 0 saturated carbocycles. The quantitative estimate of drug-likeness (QED) is 0.618. The van der Waals surface area contributed by atoms with Crippen LogP contribution in [0.15, 0.2) is 18.2 Å². The van der Waals surface area contributed by atoms with Gasteiger partial charge in [0, 0.05) is 31.9 Å². The van der Waals surface area contributed by atoms with Gasteiger partial charge in [0.1, 0.15) is 5.56 Å². The van der Waals surface area contributed by atoms with E-state index in [4.69, 9.17) is 9.84 Å². The molecule has 1 aliphatic heterocycles. The highest BCUT2D eigenvalue weighted by Gasteiger charge is 2.29. The largest absolute Gasteiger partial charge is 0.394 e. The molecule has 0 radical (unpaired) electrons. The molecule has 1 atom stereocenters. The van der Waals surface area contributed by atoms with Gasteiger partial charge in [-0.15, -0.1) is 0 Å². The minimum Gasteiger partial charge on any atom is -0.394 e. The second kappa shape index (κ2) is 6.51. The minimum atomic E-state index is -0.573. The van der Waals surface area contributed by atoms with E-state index in [1.165, 1.54) is 17.0 Å². The predicted octanol–water partition coefficient (Wildman–Crippen LogP) is 0.470. The van der Waals surface area contributed by atoms with Crippen LogP contribution in [0.3, 0.4) is 0 Å². The Morgan fingerprint density at radius 3 is 3.00 bits per heavy atom. The monoisotopic (exact) mass is 295 g/mol. The summed E-state index contributed by atoms with van der Waals surface area (Å²) in [4.78, 5) is 24.5. The molecule has 8 nitrogen and oxygen atoms in total. The lowest BCUT2D eigenvalue weighted by Gasteiger charge is -2.32. The van der Waals surface area contributed by atoms with Crippen molar-refractivity contribution < 1.29 is 19.6 Å². The molecule has 0 aliphatic carbocycles. The third-order valence-electron chi connectivity index (χ3n) is 3.34. The number of hydrogen-bond donors (Lipinski definition) is 2. The summed E-state index contributed by atoms with van der Waals surface area (Å²) < 4.78 is 5.28. The van der Waals surface area contributed by atoms with Crippen molar-refractivity contribution in [2.45, 2.75) is 6.10 Å². The van der Waals surface area contributed by atoms with Gasteiger partial charge in [0.15, 0.2) is 0 Å². The van der Waals surface area contributed by atoms with Gasteiger partial charge in [-0.25, -0.2) is 0 Å². The summed E-state index contributed by atoms with van der Waals surface area (Å²) in [5.41, 5.74) is 0.424. The van der Waals surface area contributed by atoms with Crippen molar-refractivity contribution in [1.82, 2.24) is 4.90 Å². The maximum absolute atomic E-state index is 12.5. The van der Waals surface area contributed by atoms with E-state index in [9.17, 15) is 14.9 Å². The lowest BCUT2D eigenvalue weighted by molar-refractivity contribution is -0.385. The number of aliphatic hydroxyl groups is 1. The number of carbonyl (C=O) groups is 1. The molecular formula is C13H17N3O5. The molecule has 0 spiro atoms. The molecule has 2 rings (SSSR count). The average molecular weight is 295 g/mol. The minimum absolute atomic E-state index is 0.0328. The number of nitrogens with one attached hydrogen (secondary N) is 1. The molecule has 1 aromatic carbocycles. The summed E-state index contributed by atoms with van der Waals surface area (Å²) in [6.07, 6.45) is -0.450. The van der Waals surface area contributed by atoms with Crippen LogP contribution in [0.2, 0.25) is 0 Å². The van der Waals surface area contributed by atoms with Crippen molar-refractivity contribution in [2.75, 3.05) is 38.7 Å². The smallest absolute Gasteiger partial charge is 0.282 e. The number of amides is 1. The Kier molecular flexibility index (Phi) is 4.71. The van der Waals surface area contributed by atoms with E-state index < -0.39 is 16.9 Å². The van der Waals surface area contributed by atoms with E-state index in [1.54, 1.807) is 13.1 Å². The number of nitro benzene ring substituents is 1. The maximum atomic E-state index is 12.5. The van der Waals surface area contributed by atoms with Crippen LogP contribution >= 0.6 is 0 Å². The number of benzene rings is 1. The first-order chi connectivity index (χ1) is 10.1. The number of nitro groups is 1. The Balaban J connectivity index is 2.30. The van der Waals surface area contributed by atoms with Crippen LogP contribution < -0.4 is 5.32 Å². The van der Waals surface area contributed by atoms with Gasteiger partial charge in [0.05, 0.1) is 24.2 Å². The van der Waals surface area contributed by atoms with Crippen molar-refractivity contribution in [1.29, 1.82) is 0 Å². The molecule has 1 heterocycles. The maximum Gasteiger partial charge on any atom is 0.282 e. The third kappa shape index (κ3) is 3.29. The molecule has 114 valence electrons. The van der Waals surface area contributed by atoms with E-state index in [2.05, 4.69) is 5.32 Å². The SMILES string of the molecule is CNc1ccc([N+](=O)[O-])c(C(=O)N2CCOC(CO)C2)c1. The Hall–Kier alpha value is -2.19. The standard InChI is InChI=1S/C13H17N3O5/c1-14-9-2-3-12(16(19)20)11(6-9)13(18)15-4-5-21-10(7-15)8-17/h2-3,6,10,14,17H,4-5,7-8H2,1H3. The average Bonchev–Trinajstić information content (AvgIpc) is 2.53. The number of hydrogen-bond acceptors (Lipinski definition) is 6. The van der Waals surface area contributed by atoms with E-state index in [-0.39, 0.29) is 24.4 Å². The topological polar surface area (TPSA) is 105 Å². The van der Waals surface area contributed by atoms with Gasteiger partial charge >= 0.3 is 0 Å². The predicted molar refractivity (Wildman–Crippen MR) is 75.4 cm³/mol. The molecule has 0 bridgehead atoms. The highest BCUT2D eigenvalue weighted by Crippen LogP contribution is 2.24. The van der Waals surface area contributed by atoms with Crippen molar-refractivity contribution in [2.24, 2.45) is 0 Å². The third-order valence-corrected chi connectivity index (χ3v) is 3.34. The molecule has 1 fully saturated rings. The van der Waals surface area contributed by atoms with Gasteiger partial charge in [0.2, 0.25) is 0 Å². The fraction of sp³-hybridized carbons (Fsp3) is 0.462. The molecule has 1 amide bonds. The Morgan fingerprint density at radius 2 is 2.38 bits per heavy atom. The van der Waals surface area contributed by atoms with Crippen molar-refractivity contribution >= 4 is 17.3 Å². The van der Waals surface area contributed by atoms with Crippen LogP contribution in [0.1, 0.15) is 10.4 Å². The zero-order valence-corrected chi connectivity index (χ0v) is 11.6. The molecule has 1 saturated heterocycles. The van der Waals surface area contributed by atoms with Crippen LogP contribution in [0, 0.1) is 10.1 Å². The number of nitrogens with zero attached hydrogens (tertiary/aromatic N) is 2. The fourth-order valence-electron chi connectivity index (χ4n) is 2.21. The van der Waals surface area contributed by atoms with Gasteiger partial charge in [-0.05, 0) is 12.1 Å². The van der Waals surface area contributed by atoms with Crippen molar-refractivity contribution in [3.63, 3.8) is 0 Å². The molecule has 21 heavy (non-hydrogen) atoms. The number of rotatable bonds is 4. The van der Waals surface area contributed by atoms with Gasteiger partial charge in [-0.1, -0.05) is 0 Å². The van der Waals surface area contributed by atoms with Gasteiger partial charge in [-0.2, -0.15) is 0 Å². The first-order valence-electron chi connectivity index (χ1n) is 6.54. The molecule has 1 unspecified atom stereocenters. The summed E-state index contributed by atoms with van der Waals surface area (Å²) in [5.74, 6) is -0.430. The summed E-state index contributed by atoms with van der Waals surface area (Å²) >= 11 is 0. The number of aliphatic hydroxyl groups excluding tert-OH is 1. The van der Waals surface area contributed by atoms with Gasteiger partial charge < -0.3 is 20.1 Å². The van der Waals surface area contributed by atoms with Crippen molar-refractivity contribution in [3.05, 3.63) is 33.9 Å². The van der Waals surface area contributed by atoms with Gasteiger partial charge in [0.25, 0.3) is 11.6 Å². The molecule has 2 N–H and O–H groups in total. The summed E-state index contributed by atoms with van der Waals surface area (Å²) in [6.45, 7) is 0.672. The molecule has 8 heteroatoms. The number of anilines is 1. The van der Waals surface area contributed by atoms with Crippen molar-refractivity contribution in [3.8, 4) is 0 Å². The normalized spacial score (nSPS) is 18.4. The number of carbonyl (C=O) groups excluding carboxylic acids is 1. The molecule has 1 aliphatic rings. The summed E-state index contributed by atoms with van der Waals surface area (Å²) in [6, 6.07) is 4.32. The molecule has 1 aromatic rings. The van der Waals surface area contributed by atoms with Crippen LogP contribution in [-0.4, -0.2) is 60.3 Å². The first kappa shape index (κ1) is 15.2. The highest BCUT2D eigenvalue weighted by molar-refractivity contribution is 5.99. The lowest BCUT2D eigenvalue weighted by atomic mass is 10.1. The molecular weight excluding hydrogens is 278 g/mol. The van der Waals surface area contributed by atoms with E-state index >= 15 is 0 Å². The lowest BCUT2D eigenvalue weighted by Crippen LogP contribution is -2.47. The van der Waals surface area contributed by atoms with Gasteiger partial charge in [-0.3, -0.25) is 14.9 Å². The van der Waals surface area contributed by atoms with Crippen LogP contribution in [-0.2, 0) is 4.74 Å². The fourth-order valence-corrected chi connectivity index (χ4v) is 2.21. The Labute approximate surface area is 121 Å². The van der Waals surface area contributed by atoms with Crippen LogP contribution in [0.25, 0.3) is 0 Å². The number of ether oxygens (including phenoxy) is 1. The summed E-state index contributed by atoms with van der Waals surface area (Å²) in [7, 11) is 1.67. The summed E-state index contributed by atoms with van der Waals surface area (Å²) in [5, 5.41) is 23.0. The Bertz CT molecular complexity index is 549. The number of morpholine rings is 1. The second-order valence-electron chi connectivity index (χ2n) is 4.67. The van der Waals surface area contributed by atoms with E-state index in [0.717, 1.165) is 0 Å². The van der Waals surface area contributed by atoms with E-state index in [0.29, 0.717) is 18.8 Å². The van der Waals surface area contributed by atoms with E-state index in [1.807, 2.05) is 0 Å². The van der Waals surface area contributed by atoms with Crippen LogP contribution in [0.5, 0.6) is 0 Å².